The molecule has 0 spiro atoms. The fourth-order valence-corrected chi connectivity index (χ4v) is 0.378. The van der Waals surface area contributed by atoms with E-state index in [4.69, 9.17) is 0 Å². The summed E-state index contributed by atoms with van der Waals surface area (Å²) >= 11 is 0. The van der Waals surface area contributed by atoms with Gasteiger partial charge < -0.3 is 5.32 Å². The minimum absolute atomic E-state index is 0.105. The average Bonchev–Trinajstić information content (AvgIpc) is 1.68. The van der Waals surface area contributed by atoms with Crippen molar-refractivity contribution in [3.05, 3.63) is 0 Å². The maximum absolute atomic E-state index is 10.3. The van der Waals surface area contributed by atoms with Crippen LogP contribution in [0.25, 0.3) is 0 Å². The van der Waals surface area contributed by atoms with Gasteiger partial charge >= 0.3 is 0 Å². The van der Waals surface area contributed by atoms with Crippen LogP contribution in [-0.4, -0.2) is 19.1 Å². The van der Waals surface area contributed by atoms with Gasteiger partial charge in [-0.15, -0.1) is 0 Å². The van der Waals surface area contributed by atoms with E-state index in [1.165, 1.54) is 0 Å². The number of carbonyl (C=O) groups excluding carboxylic acids is 1. The van der Waals surface area contributed by atoms with Crippen molar-refractivity contribution in [1.82, 2.24) is 5.32 Å². The van der Waals surface area contributed by atoms with Gasteiger partial charge in [0.25, 0.3) is 0 Å². The van der Waals surface area contributed by atoms with Crippen molar-refractivity contribution in [2.24, 2.45) is 0 Å². The van der Waals surface area contributed by atoms with Gasteiger partial charge in [-0.2, -0.15) is 0 Å². The lowest BCUT2D eigenvalue weighted by Crippen LogP contribution is -2.22. The van der Waals surface area contributed by atoms with E-state index in [2.05, 4.69) is 5.32 Å². The van der Waals surface area contributed by atoms with Crippen LogP contribution >= 0.6 is 0 Å². The molecule has 0 aromatic carbocycles. The molecule has 3 heteroatoms. The highest BCUT2D eigenvalue weighted by Crippen LogP contribution is 1.74. The predicted octanol–water partition coefficient (Wildman–Crippen LogP) is -0.0569. The Balaban J connectivity index is 3.06. The molecule has 0 fully saturated rings. The zero-order valence-electron chi connectivity index (χ0n) is 4.94. The third kappa shape index (κ3) is 3.61. The minimum atomic E-state index is -0.314. The number of hydrogen-bond donors (Lipinski definition) is 1. The number of amides is 1. The van der Waals surface area contributed by atoms with Crippen LogP contribution in [0.5, 0.6) is 0 Å². The number of rotatable bonds is 3. The van der Waals surface area contributed by atoms with Gasteiger partial charge in [0.15, 0.2) is 0 Å². The highest BCUT2D eigenvalue weighted by Gasteiger charge is 1.94. The Morgan fingerprint density at radius 2 is 2.25 bits per heavy atom. The Kier molecular flexibility index (Phi) is 4.26. The van der Waals surface area contributed by atoms with Gasteiger partial charge in [-0.1, -0.05) is 0 Å². The molecule has 0 aliphatic rings. The van der Waals surface area contributed by atoms with Gasteiger partial charge in [-0.05, 0) is 6.92 Å². The smallest absolute Gasteiger partial charge is 0.222 e. The molecule has 0 unspecified atom stereocenters. The molecule has 1 radical (unpaired) electrons. The van der Waals surface area contributed by atoms with Crippen molar-refractivity contribution in [1.29, 1.82) is 0 Å². The zero-order valence-corrected chi connectivity index (χ0v) is 4.94. The Bertz CT molecular complexity index is 64.8. The lowest BCUT2D eigenvalue weighted by atomic mass is 10.4. The van der Waals surface area contributed by atoms with Gasteiger partial charge in [-0.3, -0.25) is 4.79 Å². The van der Waals surface area contributed by atoms with Crippen molar-refractivity contribution in [3.63, 3.8) is 0 Å². The summed E-state index contributed by atoms with van der Waals surface area (Å²) < 4.78 is 0. The fourth-order valence-electron chi connectivity index (χ4n) is 0.378. The lowest BCUT2D eigenvalue weighted by molar-refractivity contribution is -0.121. The van der Waals surface area contributed by atoms with E-state index < -0.39 is 0 Å². The van der Waals surface area contributed by atoms with Gasteiger partial charge in [0.1, 0.15) is 0 Å². The predicted molar refractivity (Wildman–Crippen MR) is 28.9 cm³/mol. The monoisotopic (exact) mass is 116 g/mol. The van der Waals surface area contributed by atoms with Gasteiger partial charge in [0.2, 0.25) is 5.91 Å². The second-order valence-electron chi connectivity index (χ2n) is 1.41. The first-order valence-electron chi connectivity index (χ1n) is 2.66. The van der Waals surface area contributed by atoms with E-state index in [0.717, 1.165) is 0 Å². The Morgan fingerprint density at radius 3 is 2.62 bits per heavy atom. The summed E-state index contributed by atoms with van der Waals surface area (Å²) in [6.07, 6.45) is 0.105. The van der Waals surface area contributed by atoms with Crippen LogP contribution in [0.1, 0.15) is 13.3 Å². The van der Waals surface area contributed by atoms with Gasteiger partial charge in [0.05, 0.1) is 13.0 Å². The summed E-state index contributed by atoms with van der Waals surface area (Å²) in [6, 6.07) is 0. The molecule has 0 aliphatic heterocycles. The van der Waals surface area contributed by atoms with E-state index in [9.17, 15) is 9.90 Å². The van der Waals surface area contributed by atoms with Crippen LogP contribution in [0.3, 0.4) is 0 Å². The lowest BCUT2D eigenvalue weighted by Gasteiger charge is -1.95. The fraction of sp³-hybridized carbons (Fsp3) is 0.800. The van der Waals surface area contributed by atoms with Crippen molar-refractivity contribution >= 4 is 5.91 Å². The van der Waals surface area contributed by atoms with E-state index in [-0.39, 0.29) is 18.9 Å². The molecule has 8 heavy (non-hydrogen) atoms. The largest absolute Gasteiger partial charge is 0.356 e. The molecule has 1 amide bonds. The van der Waals surface area contributed by atoms with E-state index in [1.54, 1.807) is 0 Å². The van der Waals surface area contributed by atoms with Gasteiger partial charge in [-0.25, -0.2) is 5.11 Å². The third-order valence-corrected chi connectivity index (χ3v) is 0.703. The molecular formula is C5H10NO2. The molecule has 0 atom stereocenters. The van der Waals surface area contributed by atoms with Gasteiger partial charge in [0, 0.05) is 6.54 Å². The maximum atomic E-state index is 10.3. The van der Waals surface area contributed by atoms with Crippen LogP contribution in [0.2, 0.25) is 0 Å². The Labute approximate surface area is 48.7 Å². The Morgan fingerprint density at radius 1 is 1.62 bits per heavy atom. The maximum Gasteiger partial charge on any atom is 0.222 e. The molecule has 0 bridgehead atoms. The van der Waals surface area contributed by atoms with Crippen molar-refractivity contribution in [2.45, 2.75) is 13.3 Å². The molecule has 3 nitrogen and oxygen atoms in total. The summed E-state index contributed by atoms with van der Waals surface area (Å²) in [6.45, 7) is 2.12. The Hall–Kier alpha value is -0.570. The first kappa shape index (κ1) is 7.43. The molecule has 0 saturated heterocycles. The van der Waals surface area contributed by atoms with E-state index >= 15 is 0 Å². The zero-order chi connectivity index (χ0) is 6.41. The first-order valence-corrected chi connectivity index (χ1v) is 2.66. The third-order valence-electron chi connectivity index (χ3n) is 0.703. The summed E-state index contributed by atoms with van der Waals surface area (Å²) in [7, 11) is 0. The quantitative estimate of drug-likeness (QED) is 0.552. The SMILES string of the molecule is CCNC(=O)CC[O]. The van der Waals surface area contributed by atoms with Crippen LogP contribution in [0.4, 0.5) is 0 Å². The molecule has 1 N–H and O–H groups in total. The second kappa shape index (κ2) is 4.59. The summed E-state index contributed by atoms with van der Waals surface area (Å²) in [5.74, 6) is -0.150. The van der Waals surface area contributed by atoms with Crippen LogP contribution in [0.15, 0.2) is 0 Å². The summed E-state index contributed by atoms with van der Waals surface area (Å²) in [4.78, 5) is 10.3. The summed E-state index contributed by atoms with van der Waals surface area (Å²) in [5, 5.41) is 12.3. The minimum Gasteiger partial charge on any atom is -0.356 e. The number of hydrogen-bond acceptors (Lipinski definition) is 1. The molecule has 0 rings (SSSR count). The molecule has 0 aromatic heterocycles. The molecule has 0 aromatic rings. The highest BCUT2D eigenvalue weighted by molar-refractivity contribution is 5.75. The van der Waals surface area contributed by atoms with E-state index in [0.29, 0.717) is 6.54 Å². The average molecular weight is 116 g/mol. The highest BCUT2D eigenvalue weighted by atomic mass is 16.3. The summed E-state index contributed by atoms with van der Waals surface area (Å²) in [5.41, 5.74) is 0. The second-order valence-corrected chi connectivity index (χ2v) is 1.41. The molecule has 47 valence electrons. The van der Waals surface area contributed by atoms with Crippen molar-refractivity contribution in [2.75, 3.05) is 13.2 Å². The molecular weight excluding hydrogens is 106 g/mol. The first-order chi connectivity index (χ1) is 3.81. The van der Waals surface area contributed by atoms with Crippen molar-refractivity contribution in [3.8, 4) is 0 Å². The van der Waals surface area contributed by atoms with E-state index in [1.807, 2.05) is 6.92 Å². The standard InChI is InChI=1S/C5H10NO2/c1-2-6-5(8)3-4-7/h2-4H2,1H3,(H,6,8). The molecule has 0 saturated carbocycles. The molecule has 0 aliphatic carbocycles. The molecule has 0 heterocycles. The normalized spacial score (nSPS) is 8.75. The van der Waals surface area contributed by atoms with Crippen LogP contribution < -0.4 is 5.32 Å². The van der Waals surface area contributed by atoms with Crippen molar-refractivity contribution < 1.29 is 9.90 Å². The van der Waals surface area contributed by atoms with Crippen LogP contribution in [0, 0.1) is 0 Å². The van der Waals surface area contributed by atoms with Crippen LogP contribution in [-0.2, 0) is 9.90 Å². The topological polar surface area (TPSA) is 49.0 Å². The number of carbonyl (C=O) groups is 1. The number of nitrogens with one attached hydrogen (secondary N) is 1.